The van der Waals surface area contributed by atoms with Crippen molar-refractivity contribution in [2.45, 2.75) is 39.7 Å². The van der Waals surface area contributed by atoms with E-state index in [0.717, 1.165) is 6.42 Å². The summed E-state index contributed by atoms with van der Waals surface area (Å²) in [5.74, 6) is -0.845. The molecule has 0 radical (unpaired) electrons. The lowest BCUT2D eigenvalue weighted by molar-refractivity contribution is -0.143. The van der Waals surface area contributed by atoms with Gasteiger partial charge in [-0.25, -0.2) is 4.79 Å². The number of rotatable bonds is 3. The van der Waals surface area contributed by atoms with Gasteiger partial charge in [-0.1, -0.05) is 13.8 Å². The number of carboxylic acids is 1. The molecule has 1 unspecified atom stereocenters. The highest BCUT2D eigenvalue weighted by Crippen LogP contribution is 2.16. The summed E-state index contributed by atoms with van der Waals surface area (Å²) in [5, 5.41) is 11.9. The number of amides is 2. The lowest BCUT2D eigenvalue weighted by Crippen LogP contribution is -2.50. The fourth-order valence-electron chi connectivity index (χ4n) is 1.82. The second-order valence-corrected chi connectivity index (χ2v) is 5.11. The molecule has 2 amide bonds. The Kier molecular flexibility index (Phi) is 4.78. The van der Waals surface area contributed by atoms with Crippen molar-refractivity contribution in [3.8, 4) is 0 Å². The first kappa shape index (κ1) is 13.8. The second-order valence-electron chi connectivity index (χ2n) is 5.11. The van der Waals surface area contributed by atoms with Crippen LogP contribution < -0.4 is 5.32 Å². The van der Waals surface area contributed by atoms with Gasteiger partial charge in [-0.05, 0) is 25.7 Å². The third-order valence-corrected chi connectivity index (χ3v) is 3.41. The van der Waals surface area contributed by atoms with E-state index in [2.05, 4.69) is 5.32 Å². The third kappa shape index (κ3) is 3.91. The molecule has 1 aliphatic rings. The van der Waals surface area contributed by atoms with E-state index < -0.39 is 11.9 Å². The van der Waals surface area contributed by atoms with Crippen LogP contribution in [0.2, 0.25) is 0 Å². The van der Waals surface area contributed by atoms with Crippen LogP contribution in [0.1, 0.15) is 33.6 Å². The Balaban J connectivity index is 2.49. The summed E-state index contributed by atoms with van der Waals surface area (Å²) >= 11 is 0. The molecule has 2 atom stereocenters. The van der Waals surface area contributed by atoms with Crippen molar-refractivity contribution in [3.05, 3.63) is 0 Å². The van der Waals surface area contributed by atoms with Crippen molar-refractivity contribution in [1.29, 1.82) is 0 Å². The predicted octanol–water partition coefficient (Wildman–Crippen LogP) is 1.54. The molecule has 0 saturated carbocycles. The number of hydrogen-bond donors (Lipinski definition) is 2. The van der Waals surface area contributed by atoms with Gasteiger partial charge in [0, 0.05) is 19.1 Å². The van der Waals surface area contributed by atoms with Crippen molar-refractivity contribution in [3.63, 3.8) is 0 Å². The Hall–Kier alpha value is -1.26. The summed E-state index contributed by atoms with van der Waals surface area (Å²) < 4.78 is 0. The molecule has 0 spiro atoms. The van der Waals surface area contributed by atoms with Gasteiger partial charge in [-0.2, -0.15) is 0 Å². The number of hydrogen-bond acceptors (Lipinski definition) is 2. The fraction of sp³-hybridized carbons (Fsp3) is 0.833. The van der Waals surface area contributed by atoms with Crippen LogP contribution in [0.15, 0.2) is 0 Å². The van der Waals surface area contributed by atoms with Crippen molar-refractivity contribution < 1.29 is 14.7 Å². The van der Waals surface area contributed by atoms with Crippen LogP contribution in [0.4, 0.5) is 4.79 Å². The average Bonchev–Trinajstić information content (AvgIpc) is 2.28. The highest BCUT2D eigenvalue weighted by atomic mass is 16.4. The monoisotopic (exact) mass is 242 g/mol. The molecule has 1 heterocycles. The summed E-state index contributed by atoms with van der Waals surface area (Å²) in [5.41, 5.74) is 0. The van der Waals surface area contributed by atoms with E-state index in [1.165, 1.54) is 0 Å². The maximum absolute atomic E-state index is 11.9. The summed E-state index contributed by atoms with van der Waals surface area (Å²) in [7, 11) is 0. The minimum absolute atomic E-state index is 0.104. The minimum Gasteiger partial charge on any atom is -0.481 e. The number of urea groups is 1. The quantitative estimate of drug-likeness (QED) is 0.788. The van der Waals surface area contributed by atoms with E-state index >= 15 is 0 Å². The van der Waals surface area contributed by atoms with Gasteiger partial charge in [-0.15, -0.1) is 0 Å². The van der Waals surface area contributed by atoms with Crippen LogP contribution in [0.25, 0.3) is 0 Å². The molecular weight excluding hydrogens is 220 g/mol. The zero-order chi connectivity index (χ0) is 13.0. The van der Waals surface area contributed by atoms with E-state index in [9.17, 15) is 9.59 Å². The molecule has 0 bridgehead atoms. The van der Waals surface area contributed by atoms with E-state index in [0.29, 0.717) is 25.4 Å². The normalized spacial score (nSPS) is 22.4. The zero-order valence-corrected chi connectivity index (χ0v) is 10.8. The maximum Gasteiger partial charge on any atom is 0.317 e. The zero-order valence-electron chi connectivity index (χ0n) is 10.8. The van der Waals surface area contributed by atoms with Crippen LogP contribution >= 0.6 is 0 Å². The molecular formula is C12H22N2O3. The number of nitrogens with zero attached hydrogens (tertiary/aromatic N) is 1. The summed E-state index contributed by atoms with van der Waals surface area (Å²) in [6.07, 6.45) is 1.43. The topological polar surface area (TPSA) is 69.6 Å². The van der Waals surface area contributed by atoms with Gasteiger partial charge in [0.1, 0.15) is 0 Å². The van der Waals surface area contributed by atoms with Gasteiger partial charge in [-0.3, -0.25) is 4.79 Å². The lowest BCUT2D eigenvalue weighted by atomic mass is 9.98. The molecule has 1 aliphatic heterocycles. The smallest absolute Gasteiger partial charge is 0.317 e. The average molecular weight is 242 g/mol. The van der Waals surface area contributed by atoms with E-state index in [1.54, 1.807) is 4.90 Å². The van der Waals surface area contributed by atoms with E-state index in [1.807, 2.05) is 20.8 Å². The van der Waals surface area contributed by atoms with Crippen LogP contribution in [0.5, 0.6) is 0 Å². The molecule has 17 heavy (non-hydrogen) atoms. The van der Waals surface area contributed by atoms with Crippen LogP contribution in [0.3, 0.4) is 0 Å². The predicted molar refractivity (Wildman–Crippen MR) is 64.8 cm³/mol. The number of carboxylic acid groups (broad SMARTS) is 1. The lowest BCUT2D eigenvalue weighted by Gasteiger charge is -2.32. The van der Waals surface area contributed by atoms with Crippen molar-refractivity contribution in [2.75, 3.05) is 13.1 Å². The number of carbonyl (C=O) groups is 2. The van der Waals surface area contributed by atoms with Crippen molar-refractivity contribution >= 4 is 12.0 Å². The standard InChI is InChI=1S/C12H22N2O3/c1-8(2)9(3)13-12(17)14-6-4-5-10(7-14)11(15)16/h8-10H,4-7H2,1-3H3,(H,13,17)(H,15,16)/t9?,10-/m1/s1. The molecule has 5 nitrogen and oxygen atoms in total. The number of aliphatic carboxylic acids is 1. The number of nitrogens with one attached hydrogen (secondary N) is 1. The molecule has 0 aromatic rings. The van der Waals surface area contributed by atoms with Crippen molar-refractivity contribution in [2.24, 2.45) is 11.8 Å². The fourth-order valence-corrected chi connectivity index (χ4v) is 1.82. The first-order chi connectivity index (χ1) is 7.91. The molecule has 0 aromatic carbocycles. The molecule has 2 N–H and O–H groups in total. The van der Waals surface area contributed by atoms with Crippen LogP contribution in [0, 0.1) is 11.8 Å². The van der Waals surface area contributed by atoms with E-state index in [4.69, 9.17) is 5.11 Å². The summed E-state index contributed by atoms with van der Waals surface area (Å²) in [6, 6.07) is -0.0372. The Morgan fingerprint density at radius 2 is 2.00 bits per heavy atom. The van der Waals surface area contributed by atoms with Crippen molar-refractivity contribution in [1.82, 2.24) is 10.2 Å². The first-order valence-corrected chi connectivity index (χ1v) is 6.20. The second kappa shape index (κ2) is 5.89. The van der Waals surface area contributed by atoms with Gasteiger partial charge in [0.25, 0.3) is 0 Å². The molecule has 1 saturated heterocycles. The molecule has 98 valence electrons. The summed E-state index contributed by atoms with van der Waals surface area (Å²) in [4.78, 5) is 24.4. The molecule has 5 heteroatoms. The summed E-state index contributed by atoms with van der Waals surface area (Å²) in [6.45, 7) is 7.02. The van der Waals surface area contributed by atoms with Crippen LogP contribution in [-0.2, 0) is 4.79 Å². The number of likely N-dealkylation sites (tertiary alicyclic amines) is 1. The van der Waals surface area contributed by atoms with Gasteiger partial charge in [0.2, 0.25) is 0 Å². The molecule has 0 aromatic heterocycles. The van der Waals surface area contributed by atoms with Gasteiger partial charge in [0.05, 0.1) is 5.92 Å². The third-order valence-electron chi connectivity index (χ3n) is 3.41. The van der Waals surface area contributed by atoms with Gasteiger partial charge in [0.15, 0.2) is 0 Å². The highest BCUT2D eigenvalue weighted by molar-refractivity contribution is 5.76. The minimum atomic E-state index is -0.806. The van der Waals surface area contributed by atoms with E-state index in [-0.39, 0.29) is 12.1 Å². The largest absolute Gasteiger partial charge is 0.481 e. The first-order valence-electron chi connectivity index (χ1n) is 6.20. The van der Waals surface area contributed by atoms with Gasteiger partial charge >= 0.3 is 12.0 Å². The van der Waals surface area contributed by atoms with Crippen LogP contribution in [-0.4, -0.2) is 41.1 Å². The molecule has 1 rings (SSSR count). The Morgan fingerprint density at radius 3 is 2.53 bits per heavy atom. The van der Waals surface area contributed by atoms with Gasteiger partial charge < -0.3 is 15.3 Å². The Labute approximate surface area is 102 Å². The highest BCUT2D eigenvalue weighted by Gasteiger charge is 2.28. The Morgan fingerprint density at radius 1 is 1.35 bits per heavy atom. The molecule has 0 aliphatic carbocycles. The number of carbonyl (C=O) groups excluding carboxylic acids is 1. The Bertz CT molecular complexity index is 291. The molecule has 1 fully saturated rings. The number of piperidine rings is 1. The maximum atomic E-state index is 11.9. The SMILES string of the molecule is CC(C)C(C)NC(=O)N1CCC[C@@H](C(=O)O)C1.